The molecule has 1 aliphatic heterocycles. The molecule has 1 aromatic heterocycles. The lowest BCUT2D eigenvalue weighted by molar-refractivity contribution is 0.0168. The molecule has 1 unspecified atom stereocenters. The Balaban J connectivity index is 0.00000242. The van der Waals surface area contributed by atoms with Crippen LogP contribution in [0.3, 0.4) is 0 Å². The van der Waals surface area contributed by atoms with E-state index in [1.54, 1.807) is 18.4 Å². The first-order valence-corrected chi connectivity index (χ1v) is 8.47. The molecule has 0 aromatic carbocycles. The fourth-order valence-corrected chi connectivity index (χ4v) is 2.84. The molecule has 0 amide bonds. The highest BCUT2D eigenvalue weighted by molar-refractivity contribution is 14.0. The van der Waals surface area contributed by atoms with Gasteiger partial charge in [-0.05, 0) is 41.7 Å². The van der Waals surface area contributed by atoms with Gasteiger partial charge in [0.2, 0.25) is 0 Å². The van der Waals surface area contributed by atoms with Gasteiger partial charge >= 0.3 is 0 Å². The van der Waals surface area contributed by atoms with Crippen molar-refractivity contribution in [3.8, 4) is 0 Å². The van der Waals surface area contributed by atoms with E-state index in [9.17, 15) is 0 Å². The first kappa shape index (κ1) is 19.7. The molecule has 0 radical (unpaired) electrons. The van der Waals surface area contributed by atoms with Crippen LogP contribution in [0.2, 0.25) is 0 Å². The van der Waals surface area contributed by atoms with Gasteiger partial charge in [0.05, 0.1) is 12.7 Å². The highest BCUT2D eigenvalue weighted by Gasteiger charge is 2.14. The van der Waals surface area contributed by atoms with Crippen molar-refractivity contribution in [2.24, 2.45) is 4.99 Å². The molecule has 1 aromatic rings. The van der Waals surface area contributed by atoms with Gasteiger partial charge in [-0.25, -0.2) is 0 Å². The van der Waals surface area contributed by atoms with Crippen molar-refractivity contribution in [1.29, 1.82) is 0 Å². The smallest absolute Gasteiger partial charge is 0.191 e. The quantitative estimate of drug-likeness (QED) is 0.283. The maximum atomic E-state index is 5.63. The average Bonchev–Trinajstić information content (AvgIpc) is 3.19. The lowest BCUT2D eigenvalue weighted by atomic mass is 10.2. The summed E-state index contributed by atoms with van der Waals surface area (Å²) >= 11 is 1.71. The summed E-state index contributed by atoms with van der Waals surface area (Å²) in [6, 6.07) is 2.11. The molecule has 0 saturated carbocycles. The van der Waals surface area contributed by atoms with Gasteiger partial charge in [-0.15, -0.1) is 24.0 Å². The van der Waals surface area contributed by atoms with Gasteiger partial charge in [-0.3, -0.25) is 4.99 Å². The van der Waals surface area contributed by atoms with Crippen LogP contribution in [-0.2, 0) is 16.0 Å². The Bertz CT molecular complexity index is 409. The van der Waals surface area contributed by atoms with Crippen LogP contribution in [-0.4, -0.2) is 45.5 Å². The van der Waals surface area contributed by atoms with Crippen molar-refractivity contribution in [3.63, 3.8) is 0 Å². The Kier molecular flexibility index (Phi) is 10.8. The first-order chi connectivity index (χ1) is 10.4. The van der Waals surface area contributed by atoms with E-state index in [2.05, 4.69) is 32.5 Å². The first-order valence-electron chi connectivity index (χ1n) is 7.53. The van der Waals surface area contributed by atoms with E-state index >= 15 is 0 Å². The molecule has 5 nitrogen and oxygen atoms in total. The Labute approximate surface area is 153 Å². The van der Waals surface area contributed by atoms with Gasteiger partial charge in [0.25, 0.3) is 0 Å². The molecule has 2 rings (SSSR count). The van der Waals surface area contributed by atoms with Gasteiger partial charge in [-0.1, -0.05) is 0 Å². The number of nitrogens with one attached hydrogen (secondary N) is 2. The lowest BCUT2D eigenvalue weighted by Gasteiger charge is -2.12. The van der Waals surface area contributed by atoms with Gasteiger partial charge in [0, 0.05) is 33.4 Å². The van der Waals surface area contributed by atoms with E-state index in [0.29, 0.717) is 6.10 Å². The van der Waals surface area contributed by atoms with Crippen LogP contribution < -0.4 is 10.6 Å². The highest BCUT2D eigenvalue weighted by atomic mass is 127. The van der Waals surface area contributed by atoms with Gasteiger partial charge < -0.3 is 20.1 Å². The number of aliphatic imine (C=N–C) groups is 1. The Morgan fingerprint density at radius 1 is 1.50 bits per heavy atom. The molecule has 22 heavy (non-hydrogen) atoms. The molecule has 126 valence electrons. The number of halogens is 1. The highest BCUT2D eigenvalue weighted by Crippen LogP contribution is 2.11. The second-order valence-electron chi connectivity index (χ2n) is 5.05. The topological polar surface area (TPSA) is 54.9 Å². The number of thiophene rings is 1. The summed E-state index contributed by atoms with van der Waals surface area (Å²) < 4.78 is 11.1. The molecule has 2 heterocycles. The predicted molar refractivity (Wildman–Crippen MR) is 102 cm³/mol. The zero-order valence-electron chi connectivity index (χ0n) is 13.0. The minimum Gasteiger partial charge on any atom is -0.379 e. The molecule has 0 spiro atoms. The summed E-state index contributed by atoms with van der Waals surface area (Å²) in [6.07, 6.45) is 3.59. The fourth-order valence-electron chi connectivity index (χ4n) is 2.17. The molecular formula is C15H26IN3O2S. The van der Waals surface area contributed by atoms with Crippen LogP contribution >= 0.6 is 35.3 Å². The van der Waals surface area contributed by atoms with Crippen LogP contribution in [0.5, 0.6) is 0 Å². The summed E-state index contributed by atoms with van der Waals surface area (Å²) in [5.74, 6) is 0.834. The summed E-state index contributed by atoms with van der Waals surface area (Å²) in [6.45, 7) is 4.04. The molecule has 1 aliphatic rings. The number of guanidine groups is 1. The average molecular weight is 439 g/mol. The van der Waals surface area contributed by atoms with E-state index in [0.717, 1.165) is 51.7 Å². The van der Waals surface area contributed by atoms with Crippen LogP contribution in [0.4, 0.5) is 0 Å². The third-order valence-corrected chi connectivity index (χ3v) is 4.08. The Morgan fingerprint density at radius 3 is 3.09 bits per heavy atom. The Hall–Kier alpha value is -0.380. The van der Waals surface area contributed by atoms with Crippen molar-refractivity contribution in [2.45, 2.75) is 31.9 Å². The summed E-state index contributed by atoms with van der Waals surface area (Å²) in [5.41, 5.74) is 1.28. The number of rotatable bonds is 8. The van der Waals surface area contributed by atoms with Crippen molar-refractivity contribution in [2.75, 3.05) is 33.4 Å². The van der Waals surface area contributed by atoms with Crippen LogP contribution in [0.25, 0.3) is 0 Å². The normalized spacial score (nSPS) is 18.0. The molecule has 1 saturated heterocycles. The largest absolute Gasteiger partial charge is 0.379 e. The number of hydrogen-bond acceptors (Lipinski definition) is 4. The molecule has 2 N–H and O–H groups in total. The zero-order chi connectivity index (χ0) is 14.8. The molecule has 1 fully saturated rings. The minimum absolute atomic E-state index is 0. The number of hydrogen-bond donors (Lipinski definition) is 2. The minimum atomic E-state index is 0. The zero-order valence-corrected chi connectivity index (χ0v) is 16.2. The Morgan fingerprint density at radius 2 is 2.41 bits per heavy atom. The van der Waals surface area contributed by atoms with E-state index < -0.39 is 0 Å². The lowest BCUT2D eigenvalue weighted by Crippen LogP contribution is -2.37. The van der Waals surface area contributed by atoms with E-state index in [-0.39, 0.29) is 24.0 Å². The second kappa shape index (κ2) is 12.1. The second-order valence-corrected chi connectivity index (χ2v) is 5.83. The maximum Gasteiger partial charge on any atom is 0.191 e. The standard InChI is InChI=1S/C15H25N3O2S.HI/c1-16-15(18-10-13-5-9-21-12-13)17-6-3-7-19-11-14-4-2-8-20-14;/h5,9,12,14H,2-4,6-8,10-11H2,1H3,(H2,16,17,18);1H. The van der Waals surface area contributed by atoms with E-state index in [1.807, 2.05) is 0 Å². The maximum absolute atomic E-state index is 5.63. The van der Waals surface area contributed by atoms with Crippen LogP contribution in [0.15, 0.2) is 21.8 Å². The molecule has 0 aliphatic carbocycles. The number of nitrogens with zero attached hydrogens (tertiary/aromatic N) is 1. The van der Waals surface area contributed by atoms with Crippen molar-refractivity contribution in [1.82, 2.24) is 10.6 Å². The fraction of sp³-hybridized carbons (Fsp3) is 0.667. The van der Waals surface area contributed by atoms with Gasteiger partial charge in [0.15, 0.2) is 5.96 Å². The number of ether oxygens (including phenoxy) is 2. The van der Waals surface area contributed by atoms with Crippen molar-refractivity contribution >= 4 is 41.3 Å². The third kappa shape index (κ3) is 7.75. The molecule has 7 heteroatoms. The summed E-state index contributed by atoms with van der Waals surface area (Å²) in [4.78, 5) is 4.21. The van der Waals surface area contributed by atoms with Crippen LogP contribution in [0, 0.1) is 0 Å². The van der Waals surface area contributed by atoms with Gasteiger partial charge in [0.1, 0.15) is 0 Å². The predicted octanol–water partition coefficient (Wildman–Crippen LogP) is 2.62. The van der Waals surface area contributed by atoms with Crippen molar-refractivity contribution < 1.29 is 9.47 Å². The summed E-state index contributed by atoms with van der Waals surface area (Å²) in [5, 5.41) is 10.8. The van der Waals surface area contributed by atoms with Crippen molar-refractivity contribution in [3.05, 3.63) is 22.4 Å². The van der Waals surface area contributed by atoms with E-state index in [4.69, 9.17) is 9.47 Å². The monoisotopic (exact) mass is 439 g/mol. The van der Waals surface area contributed by atoms with E-state index in [1.165, 1.54) is 12.0 Å². The van der Waals surface area contributed by atoms with Crippen LogP contribution in [0.1, 0.15) is 24.8 Å². The summed E-state index contributed by atoms with van der Waals surface area (Å²) in [7, 11) is 1.79. The SMILES string of the molecule is CN=C(NCCCOCC1CCCO1)NCc1ccsc1.I. The third-order valence-electron chi connectivity index (χ3n) is 3.35. The molecule has 1 atom stereocenters. The van der Waals surface area contributed by atoms with Gasteiger partial charge in [-0.2, -0.15) is 11.3 Å². The molecular weight excluding hydrogens is 413 g/mol. The molecule has 0 bridgehead atoms.